The number of rotatable bonds is 11. The van der Waals surface area contributed by atoms with Gasteiger partial charge in [0.1, 0.15) is 24.3 Å². The minimum absolute atomic E-state index is 0.288. The fourth-order valence-electron chi connectivity index (χ4n) is 5.79. The zero-order chi connectivity index (χ0) is 31.6. The quantitative estimate of drug-likeness (QED) is 0.225. The molecule has 2 aromatic heterocycles. The standard InChI is InChI=1S/C33H41FN6O3S/c1-21-30(22(2)40(38-21)20-43-18-19-44(4,5)6)23-10-12-24(13-11-23)36-33(42)31(37-32(41)29-16-17-35-39(29)3)27-15-14-26-25(27)8-7-9-28(26)34/h7-13,16-17,27,31H,14-15,18-20H2,1-6H3,(H,36,42)(H,37,41)/t27-,31?/m0/s1. The van der Waals surface area contributed by atoms with Crippen LogP contribution in [0.1, 0.15) is 45.3 Å². The van der Waals surface area contributed by atoms with Gasteiger partial charge >= 0.3 is 0 Å². The summed E-state index contributed by atoms with van der Waals surface area (Å²) >= 11 is 0. The Balaban J connectivity index is 1.32. The van der Waals surface area contributed by atoms with E-state index in [1.165, 1.54) is 16.9 Å². The van der Waals surface area contributed by atoms with Crippen LogP contribution in [0.5, 0.6) is 0 Å². The first kappa shape index (κ1) is 31.5. The number of hydrogen-bond donors (Lipinski definition) is 2. The molecule has 0 saturated carbocycles. The first-order valence-electron chi connectivity index (χ1n) is 14.7. The van der Waals surface area contributed by atoms with Gasteiger partial charge in [0.2, 0.25) is 5.91 Å². The third kappa shape index (κ3) is 6.89. The predicted octanol–water partition coefficient (Wildman–Crippen LogP) is 5.17. The van der Waals surface area contributed by atoms with E-state index in [0.29, 0.717) is 43.1 Å². The Morgan fingerprint density at radius 1 is 1.11 bits per heavy atom. The topological polar surface area (TPSA) is 103 Å². The molecule has 9 nitrogen and oxygen atoms in total. The van der Waals surface area contributed by atoms with E-state index in [1.54, 1.807) is 19.2 Å². The monoisotopic (exact) mass is 620 g/mol. The summed E-state index contributed by atoms with van der Waals surface area (Å²) in [6.45, 7) is 5.11. The van der Waals surface area contributed by atoms with E-state index in [9.17, 15) is 14.0 Å². The predicted molar refractivity (Wildman–Crippen MR) is 174 cm³/mol. The summed E-state index contributed by atoms with van der Waals surface area (Å²) in [5.74, 6) is -0.407. The second kappa shape index (κ2) is 13.0. The van der Waals surface area contributed by atoms with E-state index in [2.05, 4.69) is 34.5 Å². The van der Waals surface area contributed by atoms with Gasteiger partial charge in [0.05, 0.1) is 12.3 Å². The number of carbonyl (C=O) groups excluding carboxylic acids is 2. The summed E-state index contributed by atoms with van der Waals surface area (Å²) in [5.41, 5.74) is 6.17. The summed E-state index contributed by atoms with van der Waals surface area (Å²) in [7, 11) is 1.05. The van der Waals surface area contributed by atoms with Gasteiger partial charge < -0.3 is 15.4 Å². The largest absolute Gasteiger partial charge is 0.358 e. The molecule has 44 heavy (non-hydrogen) atoms. The Kier molecular flexibility index (Phi) is 9.26. The highest BCUT2D eigenvalue weighted by atomic mass is 32.3. The van der Waals surface area contributed by atoms with Crippen molar-refractivity contribution in [2.45, 2.75) is 45.4 Å². The number of fused-ring (bicyclic) bond motifs is 1. The van der Waals surface area contributed by atoms with Gasteiger partial charge in [-0.25, -0.2) is 19.1 Å². The number of ether oxygens (including phenoxy) is 1. The Bertz CT molecular complexity index is 1660. The van der Waals surface area contributed by atoms with Crippen LogP contribution in [0.4, 0.5) is 10.1 Å². The lowest BCUT2D eigenvalue weighted by atomic mass is 9.92. The number of amides is 2. The highest BCUT2D eigenvalue weighted by Crippen LogP contribution is 2.38. The Labute approximate surface area is 259 Å². The molecule has 0 fully saturated rings. The highest BCUT2D eigenvalue weighted by Gasteiger charge is 2.37. The van der Waals surface area contributed by atoms with Crippen molar-refractivity contribution in [1.29, 1.82) is 0 Å². The second-order valence-electron chi connectivity index (χ2n) is 12.2. The Hall–Kier alpha value is -3.96. The molecule has 1 aliphatic rings. The van der Waals surface area contributed by atoms with Gasteiger partial charge in [0, 0.05) is 41.9 Å². The Morgan fingerprint density at radius 3 is 2.55 bits per heavy atom. The lowest BCUT2D eigenvalue weighted by molar-refractivity contribution is -0.118. The third-order valence-electron chi connectivity index (χ3n) is 8.16. The molecular weight excluding hydrogens is 579 g/mol. The van der Waals surface area contributed by atoms with Crippen LogP contribution in [0.3, 0.4) is 0 Å². The maximum absolute atomic E-state index is 14.6. The average molecular weight is 621 g/mol. The summed E-state index contributed by atoms with van der Waals surface area (Å²) in [4.78, 5) is 27.0. The zero-order valence-electron chi connectivity index (χ0n) is 26.2. The average Bonchev–Trinajstić information content (AvgIpc) is 3.67. The number of nitrogens with zero attached hydrogens (tertiary/aromatic N) is 4. The molecule has 2 amide bonds. The number of hydrogen-bond acceptors (Lipinski definition) is 5. The van der Waals surface area contributed by atoms with Crippen molar-refractivity contribution in [3.8, 4) is 11.1 Å². The van der Waals surface area contributed by atoms with Crippen molar-refractivity contribution in [1.82, 2.24) is 24.9 Å². The minimum atomic E-state index is -0.914. The van der Waals surface area contributed by atoms with Crippen LogP contribution in [-0.4, -0.2) is 68.5 Å². The van der Waals surface area contributed by atoms with Crippen molar-refractivity contribution in [2.24, 2.45) is 7.05 Å². The van der Waals surface area contributed by atoms with Gasteiger partial charge in [0.25, 0.3) is 5.91 Å². The molecule has 1 aliphatic carbocycles. The minimum Gasteiger partial charge on any atom is -0.358 e. The number of nitrogens with one attached hydrogen (secondary N) is 2. The van der Waals surface area contributed by atoms with Gasteiger partial charge in [-0.05, 0) is 86.4 Å². The molecule has 234 valence electrons. The fourth-order valence-corrected chi connectivity index (χ4v) is 6.41. The molecule has 0 saturated heterocycles. The summed E-state index contributed by atoms with van der Waals surface area (Å²) in [6.07, 6.45) is 9.40. The van der Waals surface area contributed by atoms with Gasteiger partial charge in [-0.1, -0.05) is 24.3 Å². The fraction of sp³-hybridized carbons (Fsp3) is 0.394. The number of halogens is 1. The van der Waals surface area contributed by atoms with Crippen LogP contribution in [0, 0.1) is 19.7 Å². The molecule has 2 aromatic carbocycles. The molecule has 0 spiro atoms. The van der Waals surface area contributed by atoms with Gasteiger partial charge in [-0.2, -0.15) is 10.2 Å². The van der Waals surface area contributed by atoms with E-state index in [-0.39, 0.29) is 17.6 Å². The smallest absolute Gasteiger partial charge is 0.270 e. The van der Waals surface area contributed by atoms with Crippen LogP contribution in [0.15, 0.2) is 54.7 Å². The highest BCUT2D eigenvalue weighted by molar-refractivity contribution is 8.32. The van der Waals surface area contributed by atoms with E-state index in [1.807, 2.05) is 48.9 Å². The number of anilines is 1. The molecular formula is C33H41FN6O3S. The Morgan fingerprint density at radius 2 is 1.86 bits per heavy atom. The molecule has 1 unspecified atom stereocenters. The van der Waals surface area contributed by atoms with Crippen LogP contribution in [0.2, 0.25) is 0 Å². The number of aryl methyl sites for hydroxylation is 2. The van der Waals surface area contributed by atoms with Crippen molar-refractivity contribution in [3.05, 3.63) is 88.8 Å². The van der Waals surface area contributed by atoms with Crippen molar-refractivity contribution < 1.29 is 18.7 Å². The molecule has 4 aromatic rings. The molecule has 0 radical (unpaired) electrons. The zero-order valence-corrected chi connectivity index (χ0v) is 27.0. The van der Waals surface area contributed by atoms with Gasteiger partial charge in [-0.3, -0.25) is 14.3 Å². The lowest BCUT2D eigenvalue weighted by Gasteiger charge is -2.25. The van der Waals surface area contributed by atoms with Crippen LogP contribution >= 0.6 is 10.0 Å². The molecule has 11 heteroatoms. The molecule has 2 N–H and O–H groups in total. The first-order valence-corrected chi connectivity index (χ1v) is 17.7. The van der Waals surface area contributed by atoms with Crippen LogP contribution in [0.25, 0.3) is 11.1 Å². The molecule has 5 rings (SSSR count). The second-order valence-corrected chi connectivity index (χ2v) is 16.8. The SMILES string of the molecule is Cc1nn(COCCS(C)(C)C)c(C)c1-c1ccc(NC(=O)C(NC(=O)c2ccnn2C)[C@H]2CCc3c(F)cccc32)cc1. The van der Waals surface area contributed by atoms with E-state index < -0.39 is 22.0 Å². The summed E-state index contributed by atoms with van der Waals surface area (Å²) < 4.78 is 23.8. The number of carbonyl (C=O) groups is 2. The molecule has 2 heterocycles. The van der Waals surface area contributed by atoms with E-state index >= 15 is 0 Å². The normalized spacial score (nSPS) is 15.6. The van der Waals surface area contributed by atoms with Crippen molar-refractivity contribution in [2.75, 3.05) is 36.4 Å². The van der Waals surface area contributed by atoms with Gasteiger partial charge in [-0.15, -0.1) is 0 Å². The van der Waals surface area contributed by atoms with Gasteiger partial charge in [0.15, 0.2) is 0 Å². The lowest BCUT2D eigenvalue weighted by Crippen LogP contribution is -2.47. The molecule has 0 bridgehead atoms. The number of aromatic nitrogens is 4. The van der Waals surface area contributed by atoms with E-state index in [4.69, 9.17) is 9.84 Å². The maximum Gasteiger partial charge on any atom is 0.270 e. The number of benzene rings is 2. The van der Waals surface area contributed by atoms with Crippen LogP contribution in [-0.2, 0) is 29.7 Å². The molecule has 0 aliphatic heterocycles. The van der Waals surface area contributed by atoms with E-state index in [0.717, 1.165) is 33.8 Å². The molecule has 2 atom stereocenters. The summed E-state index contributed by atoms with van der Waals surface area (Å²) in [6, 6.07) is 13.2. The van der Waals surface area contributed by atoms with Crippen LogP contribution < -0.4 is 10.6 Å². The van der Waals surface area contributed by atoms with Crippen molar-refractivity contribution >= 4 is 27.5 Å². The van der Waals surface area contributed by atoms with Crippen molar-refractivity contribution in [3.63, 3.8) is 0 Å². The third-order valence-corrected chi connectivity index (χ3v) is 9.55. The first-order chi connectivity index (χ1) is 20.9. The summed E-state index contributed by atoms with van der Waals surface area (Å²) in [5, 5.41) is 14.7. The maximum atomic E-state index is 14.6.